The minimum Gasteiger partial charge on any atom is -0.493 e. The molecule has 7 nitrogen and oxygen atoms in total. The molecule has 0 bridgehead atoms. The second kappa shape index (κ2) is 11.7. The largest absolute Gasteiger partial charge is 0.493 e. The minimum atomic E-state index is -0.291. The quantitative estimate of drug-likeness (QED) is 0.272. The minimum absolute atomic E-state index is 0.151. The van der Waals surface area contributed by atoms with Crippen molar-refractivity contribution in [2.75, 3.05) is 25.7 Å². The van der Waals surface area contributed by atoms with Gasteiger partial charge in [-0.3, -0.25) is 10.2 Å². The summed E-state index contributed by atoms with van der Waals surface area (Å²) >= 11 is 1.37. The predicted molar refractivity (Wildman–Crippen MR) is 122 cm³/mol. The maximum absolute atomic E-state index is 11.5. The number of nitrogens with zero attached hydrogens (tertiary/aromatic N) is 2. The van der Waals surface area contributed by atoms with Gasteiger partial charge in [0, 0.05) is 11.8 Å². The number of hydrogen-bond donors (Lipinski definition) is 1. The number of rotatable bonds is 11. The highest BCUT2D eigenvalue weighted by molar-refractivity contribution is 7.13. The zero-order valence-corrected chi connectivity index (χ0v) is 18.4. The van der Waals surface area contributed by atoms with Crippen molar-refractivity contribution < 1.29 is 19.0 Å². The number of anilines is 1. The SMILES string of the molecule is CCOC(=O)Cc1csc(NN=Cc2ccc(OCCc3ccccc3)c(OC)c2)n1. The summed E-state index contributed by atoms with van der Waals surface area (Å²) in [5, 5.41) is 6.61. The van der Waals surface area contributed by atoms with Crippen molar-refractivity contribution >= 4 is 28.7 Å². The zero-order valence-electron chi connectivity index (χ0n) is 17.5. The Morgan fingerprint density at radius 2 is 2.03 bits per heavy atom. The lowest BCUT2D eigenvalue weighted by atomic mass is 10.2. The number of thiazole rings is 1. The van der Waals surface area contributed by atoms with E-state index < -0.39 is 0 Å². The number of benzene rings is 2. The van der Waals surface area contributed by atoms with Crippen LogP contribution in [-0.4, -0.2) is 37.5 Å². The van der Waals surface area contributed by atoms with Crippen molar-refractivity contribution in [2.24, 2.45) is 5.10 Å². The van der Waals surface area contributed by atoms with Crippen molar-refractivity contribution in [3.05, 3.63) is 70.7 Å². The van der Waals surface area contributed by atoms with E-state index in [1.807, 2.05) is 36.4 Å². The van der Waals surface area contributed by atoms with E-state index in [9.17, 15) is 4.79 Å². The van der Waals surface area contributed by atoms with Crippen LogP contribution in [0.3, 0.4) is 0 Å². The first-order chi connectivity index (χ1) is 15.2. The van der Waals surface area contributed by atoms with E-state index in [1.54, 1.807) is 25.6 Å². The lowest BCUT2D eigenvalue weighted by Gasteiger charge is -2.11. The Balaban J connectivity index is 1.52. The second-order valence-corrected chi connectivity index (χ2v) is 7.35. The molecule has 2 aromatic carbocycles. The molecule has 8 heteroatoms. The van der Waals surface area contributed by atoms with E-state index in [-0.39, 0.29) is 12.4 Å². The van der Waals surface area contributed by atoms with Crippen LogP contribution in [0.4, 0.5) is 5.13 Å². The summed E-state index contributed by atoms with van der Waals surface area (Å²) in [4.78, 5) is 15.8. The van der Waals surface area contributed by atoms with Crippen molar-refractivity contribution in [1.29, 1.82) is 0 Å². The average Bonchev–Trinajstić information content (AvgIpc) is 3.22. The average molecular weight is 440 g/mol. The van der Waals surface area contributed by atoms with Crippen molar-refractivity contribution in [1.82, 2.24) is 4.98 Å². The fraction of sp³-hybridized carbons (Fsp3) is 0.261. The third-order valence-electron chi connectivity index (χ3n) is 4.24. The van der Waals surface area contributed by atoms with E-state index in [2.05, 4.69) is 27.6 Å². The van der Waals surface area contributed by atoms with Crippen LogP contribution < -0.4 is 14.9 Å². The molecule has 3 rings (SSSR count). The molecule has 0 fully saturated rings. The third kappa shape index (κ3) is 7.11. The topological polar surface area (TPSA) is 82.0 Å². The molecule has 1 aromatic heterocycles. The number of carbonyl (C=O) groups is 1. The number of esters is 1. The molecular formula is C23H25N3O4S. The van der Waals surface area contributed by atoms with Crippen LogP contribution in [0, 0.1) is 0 Å². The fourth-order valence-corrected chi connectivity index (χ4v) is 3.43. The molecule has 0 unspecified atom stereocenters. The number of carbonyl (C=O) groups excluding carboxylic acids is 1. The van der Waals surface area contributed by atoms with Gasteiger partial charge in [0.05, 0.1) is 38.7 Å². The van der Waals surface area contributed by atoms with Gasteiger partial charge in [-0.2, -0.15) is 5.10 Å². The summed E-state index contributed by atoms with van der Waals surface area (Å²) in [6.07, 6.45) is 2.64. The highest BCUT2D eigenvalue weighted by atomic mass is 32.1. The van der Waals surface area contributed by atoms with Crippen LogP contribution in [0.2, 0.25) is 0 Å². The fourth-order valence-electron chi connectivity index (χ4n) is 2.77. The lowest BCUT2D eigenvalue weighted by Crippen LogP contribution is -2.07. The van der Waals surface area contributed by atoms with Gasteiger partial charge >= 0.3 is 5.97 Å². The molecule has 0 aliphatic heterocycles. The van der Waals surface area contributed by atoms with Crippen LogP contribution in [0.5, 0.6) is 11.5 Å². The standard InChI is InChI=1S/C23H25N3O4S/c1-3-29-22(27)14-19-16-31-23(25-19)26-24-15-18-9-10-20(21(13-18)28-2)30-12-11-17-7-5-4-6-8-17/h4-10,13,15-16H,3,11-12,14H2,1-2H3,(H,25,26). The molecule has 1 N–H and O–H groups in total. The Morgan fingerprint density at radius 3 is 2.81 bits per heavy atom. The number of methoxy groups -OCH3 is 1. The Bertz CT molecular complexity index is 1010. The summed E-state index contributed by atoms with van der Waals surface area (Å²) in [5.41, 5.74) is 5.60. The normalized spacial score (nSPS) is 10.8. The molecule has 0 radical (unpaired) electrons. The van der Waals surface area contributed by atoms with Crippen LogP contribution in [-0.2, 0) is 22.4 Å². The maximum Gasteiger partial charge on any atom is 0.311 e. The predicted octanol–water partition coefficient (Wildman–Crippen LogP) is 4.32. The molecule has 0 spiro atoms. The van der Waals surface area contributed by atoms with Crippen LogP contribution in [0.1, 0.15) is 23.7 Å². The number of ether oxygens (including phenoxy) is 3. The van der Waals surface area contributed by atoms with E-state index in [1.165, 1.54) is 16.9 Å². The van der Waals surface area contributed by atoms with E-state index in [4.69, 9.17) is 14.2 Å². The first-order valence-corrected chi connectivity index (χ1v) is 10.8. The van der Waals surface area contributed by atoms with E-state index in [0.717, 1.165) is 12.0 Å². The number of hydrogen-bond acceptors (Lipinski definition) is 8. The molecule has 162 valence electrons. The second-order valence-electron chi connectivity index (χ2n) is 6.49. The molecule has 0 aliphatic rings. The van der Waals surface area contributed by atoms with Gasteiger partial charge in [0.25, 0.3) is 0 Å². The molecule has 31 heavy (non-hydrogen) atoms. The van der Waals surface area contributed by atoms with Crippen LogP contribution >= 0.6 is 11.3 Å². The summed E-state index contributed by atoms with van der Waals surface area (Å²) in [5.74, 6) is 1.04. The van der Waals surface area contributed by atoms with Gasteiger partial charge < -0.3 is 14.2 Å². The number of hydrazone groups is 1. The summed E-state index contributed by atoms with van der Waals surface area (Å²) in [6.45, 7) is 2.70. The smallest absolute Gasteiger partial charge is 0.311 e. The molecule has 3 aromatic rings. The molecule has 0 atom stereocenters. The molecule has 0 saturated heterocycles. The Labute approximate surface area is 185 Å². The molecule has 0 amide bonds. The van der Waals surface area contributed by atoms with Crippen LogP contribution in [0.25, 0.3) is 0 Å². The summed E-state index contributed by atoms with van der Waals surface area (Å²) < 4.78 is 16.3. The van der Waals surface area contributed by atoms with Gasteiger partial charge in [-0.25, -0.2) is 4.98 Å². The zero-order chi connectivity index (χ0) is 21.9. The number of nitrogens with one attached hydrogen (secondary N) is 1. The van der Waals surface area contributed by atoms with Gasteiger partial charge in [0.2, 0.25) is 5.13 Å². The van der Waals surface area contributed by atoms with Gasteiger partial charge in [-0.05, 0) is 36.2 Å². The van der Waals surface area contributed by atoms with Crippen molar-refractivity contribution in [3.8, 4) is 11.5 Å². The molecule has 0 saturated carbocycles. The van der Waals surface area contributed by atoms with Gasteiger partial charge in [-0.1, -0.05) is 30.3 Å². The highest BCUT2D eigenvalue weighted by Gasteiger charge is 2.08. The summed E-state index contributed by atoms with van der Waals surface area (Å²) in [7, 11) is 1.61. The van der Waals surface area contributed by atoms with Crippen molar-refractivity contribution in [3.63, 3.8) is 0 Å². The van der Waals surface area contributed by atoms with Gasteiger partial charge in [0.1, 0.15) is 0 Å². The Kier molecular flexibility index (Phi) is 8.42. The maximum atomic E-state index is 11.5. The van der Waals surface area contributed by atoms with Crippen LogP contribution in [0.15, 0.2) is 59.0 Å². The van der Waals surface area contributed by atoms with Gasteiger partial charge in [0.15, 0.2) is 11.5 Å². The monoisotopic (exact) mass is 439 g/mol. The highest BCUT2D eigenvalue weighted by Crippen LogP contribution is 2.27. The van der Waals surface area contributed by atoms with Gasteiger partial charge in [-0.15, -0.1) is 11.3 Å². The first kappa shape index (κ1) is 22.3. The molecule has 0 aliphatic carbocycles. The van der Waals surface area contributed by atoms with E-state index >= 15 is 0 Å². The molecular weight excluding hydrogens is 414 g/mol. The first-order valence-electron chi connectivity index (χ1n) is 9.91. The van der Waals surface area contributed by atoms with E-state index in [0.29, 0.717) is 35.5 Å². The third-order valence-corrected chi connectivity index (χ3v) is 5.03. The summed E-state index contributed by atoms with van der Waals surface area (Å²) in [6, 6.07) is 15.8. The van der Waals surface area contributed by atoms with Crippen molar-refractivity contribution in [2.45, 2.75) is 19.8 Å². The Hall–Kier alpha value is -3.39. The Morgan fingerprint density at radius 1 is 1.19 bits per heavy atom. The number of aromatic nitrogens is 1. The lowest BCUT2D eigenvalue weighted by molar-refractivity contribution is -0.142. The molecule has 1 heterocycles.